The molecule has 1 saturated carbocycles. The van der Waals surface area contributed by atoms with E-state index in [1.54, 1.807) is 0 Å². The number of likely N-dealkylation sites (tertiary alicyclic amines) is 1. The lowest BCUT2D eigenvalue weighted by Gasteiger charge is -2.48. The number of fused-ring (bicyclic) bond motifs is 1. The van der Waals surface area contributed by atoms with Gasteiger partial charge in [-0.2, -0.15) is 0 Å². The van der Waals surface area contributed by atoms with Gasteiger partial charge in [-0.25, -0.2) is 0 Å². The molecule has 2 fully saturated rings. The molecular weight excluding hydrogens is 256 g/mol. The van der Waals surface area contributed by atoms with E-state index >= 15 is 0 Å². The van der Waals surface area contributed by atoms with Crippen LogP contribution in [0, 0.1) is 5.92 Å². The van der Waals surface area contributed by atoms with Crippen molar-refractivity contribution in [3.63, 3.8) is 0 Å². The minimum absolute atomic E-state index is 0.553. The van der Waals surface area contributed by atoms with Crippen molar-refractivity contribution >= 4 is 0 Å². The minimum atomic E-state index is 0.553. The second kappa shape index (κ2) is 7.42. The van der Waals surface area contributed by atoms with E-state index in [9.17, 15) is 0 Å². The van der Waals surface area contributed by atoms with Gasteiger partial charge in [-0.1, -0.05) is 50.1 Å². The highest BCUT2D eigenvalue weighted by Crippen LogP contribution is 2.39. The summed E-state index contributed by atoms with van der Waals surface area (Å²) in [6, 6.07) is 12.5. The van der Waals surface area contributed by atoms with Crippen LogP contribution in [0.5, 0.6) is 0 Å². The normalized spacial score (nSPS) is 28.0. The molecule has 1 aromatic rings. The molecule has 0 spiro atoms. The van der Waals surface area contributed by atoms with Gasteiger partial charge in [0.15, 0.2) is 0 Å². The number of hydrogen-bond acceptors (Lipinski definition) is 2. The summed E-state index contributed by atoms with van der Waals surface area (Å²) in [5.41, 5.74) is 1.49. The van der Waals surface area contributed by atoms with Crippen LogP contribution in [-0.2, 0) is 0 Å². The second-order valence-electron chi connectivity index (χ2n) is 6.73. The highest BCUT2D eigenvalue weighted by molar-refractivity contribution is 5.20. The first-order valence-corrected chi connectivity index (χ1v) is 8.91. The minimum Gasteiger partial charge on any atom is -0.315 e. The van der Waals surface area contributed by atoms with Crippen LogP contribution in [0.2, 0.25) is 0 Å². The molecule has 21 heavy (non-hydrogen) atoms. The molecule has 1 N–H and O–H groups in total. The predicted octanol–water partition coefficient (Wildman–Crippen LogP) is 3.99. The van der Waals surface area contributed by atoms with Crippen LogP contribution in [0.15, 0.2) is 30.3 Å². The number of benzene rings is 1. The van der Waals surface area contributed by atoms with E-state index in [1.165, 1.54) is 50.6 Å². The van der Waals surface area contributed by atoms with Crippen LogP contribution < -0.4 is 5.32 Å². The zero-order valence-corrected chi connectivity index (χ0v) is 13.4. The fourth-order valence-electron chi connectivity index (χ4n) is 4.43. The summed E-state index contributed by atoms with van der Waals surface area (Å²) in [6.45, 7) is 5.64. The van der Waals surface area contributed by atoms with Gasteiger partial charge in [0.1, 0.15) is 0 Å². The molecule has 2 nitrogen and oxygen atoms in total. The summed E-state index contributed by atoms with van der Waals surface area (Å²) < 4.78 is 0. The van der Waals surface area contributed by atoms with Gasteiger partial charge in [-0.15, -0.1) is 0 Å². The van der Waals surface area contributed by atoms with Gasteiger partial charge in [-0.3, -0.25) is 4.90 Å². The van der Waals surface area contributed by atoms with Crippen molar-refractivity contribution in [3.8, 4) is 0 Å². The van der Waals surface area contributed by atoms with Gasteiger partial charge in [-0.05, 0) is 50.3 Å². The van der Waals surface area contributed by atoms with Crippen LogP contribution in [0.25, 0.3) is 0 Å². The Morgan fingerprint density at radius 3 is 2.67 bits per heavy atom. The predicted molar refractivity (Wildman–Crippen MR) is 89.4 cm³/mol. The smallest absolute Gasteiger partial charge is 0.0475 e. The fourth-order valence-corrected chi connectivity index (χ4v) is 4.43. The van der Waals surface area contributed by atoms with Gasteiger partial charge < -0.3 is 5.32 Å². The van der Waals surface area contributed by atoms with Gasteiger partial charge in [0, 0.05) is 18.6 Å². The molecule has 3 atom stereocenters. The molecule has 3 rings (SSSR count). The zero-order valence-electron chi connectivity index (χ0n) is 13.4. The largest absolute Gasteiger partial charge is 0.315 e. The quantitative estimate of drug-likeness (QED) is 0.880. The molecule has 116 valence electrons. The Balaban J connectivity index is 1.80. The van der Waals surface area contributed by atoms with Crippen molar-refractivity contribution in [1.82, 2.24) is 10.2 Å². The molecule has 1 heterocycles. The molecule has 1 aliphatic carbocycles. The fraction of sp³-hybridized carbons (Fsp3) is 0.684. The first-order valence-electron chi connectivity index (χ1n) is 8.91. The Morgan fingerprint density at radius 1 is 1.10 bits per heavy atom. The lowest BCUT2D eigenvalue weighted by atomic mass is 9.77. The average molecular weight is 286 g/mol. The van der Waals surface area contributed by atoms with Crippen molar-refractivity contribution in [2.24, 2.45) is 5.92 Å². The number of likely N-dealkylation sites (N-methyl/N-ethyl adjacent to an activating group) is 1. The highest BCUT2D eigenvalue weighted by atomic mass is 15.2. The molecule has 2 aliphatic rings. The second-order valence-corrected chi connectivity index (χ2v) is 6.73. The molecular formula is C19H30N2. The summed E-state index contributed by atoms with van der Waals surface area (Å²) in [6.07, 6.45) is 8.61. The van der Waals surface area contributed by atoms with Crippen LogP contribution in [0.1, 0.15) is 57.1 Å². The highest BCUT2D eigenvalue weighted by Gasteiger charge is 2.36. The summed E-state index contributed by atoms with van der Waals surface area (Å²) in [4.78, 5) is 2.84. The SMILES string of the molecule is CCNCC(c1ccccc1)N1CCC[C@H]2CCCC[C@H]21. The number of piperidine rings is 1. The third-order valence-corrected chi connectivity index (χ3v) is 5.46. The third kappa shape index (κ3) is 3.49. The average Bonchev–Trinajstić information content (AvgIpc) is 2.56. The Bertz CT molecular complexity index is 415. The summed E-state index contributed by atoms with van der Waals surface area (Å²) in [5, 5.41) is 3.60. The van der Waals surface area contributed by atoms with E-state index in [0.717, 1.165) is 25.0 Å². The van der Waals surface area contributed by atoms with Crippen LogP contribution in [0.3, 0.4) is 0 Å². The molecule has 0 radical (unpaired) electrons. The first-order chi connectivity index (χ1) is 10.4. The van der Waals surface area contributed by atoms with Crippen LogP contribution >= 0.6 is 0 Å². The van der Waals surface area contributed by atoms with Gasteiger partial charge in [0.25, 0.3) is 0 Å². The number of rotatable bonds is 5. The lowest BCUT2D eigenvalue weighted by molar-refractivity contribution is 0.0250. The summed E-state index contributed by atoms with van der Waals surface area (Å²) in [5.74, 6) is 0.959. The van der Waals surface area contributed by atoms with E-state index < -0.39 is 0 Å². The van der Waals surface area contributed by atoms with Gasteiger partial charge in [0.05, 0.1) is 0 Å². The number of nitrogens with one attached hydrogen (secondary N) is 1. The maximum atomic E-state index is 3.60. The first kappa shape index (κ1) is 15.1. The van der Waals surface area contributed by atoms with Crippen molar-refractivity contribution in [2.45, 2.75) is 57.5 Å². The lowest BCUT2D eigenvalue weighted by Crippen LogP contribution is -2.50. The van der Waals surface area contributed by atoms with E-state index in [-0.39, 0.29) is 0 Å². The molecule has 1 aliphatic heterocycles. The Labute approximate surface area is 129 Å². The Hall–Kier alpha value is -0.860. The summed E-state index contributed by atoms with van der Waals surface area (Å²) >= 11 is 0. The molecule has 0 bridgehead atoms. The van der Waals surface area contributed by atoms with Crippen LogP contribution in [-0.4, -0.2) is 30.6 Å². The molecule has 2 heteroatoms. The molecule has 1 aromatic carbocycles. The standard InChI is InChI=1S/C19H30N2/c1-2-20-15-19(17-9-4-3-5-10-17)21-14-8-12-16-11-6-7-13-18(16)21/h3-5,9-10,16,18-20H,2,6-8,11-15H2,1H3/t16-,18-,19?/m1/s1. The van der Waals surface area contributed by atoms with Gasteiger partial charge >= 0.3 is 0 Å². The van der Waals surface area contributed by atoms with E-state index in [0.29, 0.717) is 6.04 Å². The number of nitrogens with zero attached hydrogens (tertiary/aromatic N) is 1. The van der Waals surface area contributed by atoms with Gasteiger partial charge in [0.2, 0.25) is 0 Å². The van der Waals surface area contributed by atoms with Crippen molar-refractivity contribution in [2.75, 3.05) is 19.6 Å². The third-order valence-electron chi connectivity index (χ3n) is 5.46. The maximum Gasteiger partial charge on any atom is 0.0475 e. The Kier molecular flexibility index (Phi) is 5.32. The van der Waals surface area contributed by atoms with Crippen LogP contribution in [0.4, 0.5) is 0 Å². The van der Waals surface area contributed by atoms with Crippen molar-refractivity contribution in [1.29, 1.82) is 0 Å². The summed E-state index contributed by atoms with van der Waals surface area (Å²) in [7, 11) is 0. The topological polar surface area (TPSA) is 15.3 Å². The molecule has 1 saturated heterocycles. The van der Waals surface area contributed by atoms with E-state index in [4.69, 9.17) is 0 Å². The Morgan fingerprint density at radius 2 is 1.86 bits per heavy atom. The van der Waals surface area contributed by atoms with Crippen molar-refractivity contribution < 1.29 is 0 Å². The molecule has 0 amide bonds. The zero-order chi connectivity index (χ0) is 14.5. The molecule has 0 aromatic heterocycles. The maximum absolute atomic E-state index is 3.60. The molecule has 1 unspecified atom stereocenters. The number of hydrogen-bond donors (Lipinski definition) is 1. The van der Waals surface area contributed by atoms with Crippen molar-refractivity contribution in [3.05, 3.63) is 35.9 Å². The van der Waals surface area contributed by atoms with E-state index in [1.807, 2.05) is 0 Å². The monoisotopic (exact) mass is 286 g/mol. The van der Waals surface area contributed by atoms with E-state index in [2.05, 4.69) is 47.5 Å².